The van der Waals surface area contributed by atoms with Gasteiger partial charge in [0.25, 0.3) is 0 Å². The molecule has 0 aromatic carbocycles. The predicted octanol–water partition coefficient (Wildman–Crippen LogP) is 0.0226. The molecule has 4 nitrogen and oxygen atoms in total. The van der Waals surface area contributed by atoms with Crippen LogP contribution < -0.4 is 5.43 Å². The molecule has 2 heterocycles. The molecule has 0 radical (unpaired) electrons. The van der Waals surface area contributed by atoms with Crippen molar-refractivity contribution in [2.45, 2.75) is 0 Å². The van der Waals surface area contributed by atoms with Crippen molar-refractivity contribution in [2.24, 2.45) is 0 Å². The summed E-state index contributed by atoms with van der Waals surface area (Å²) in [6.45, 7) is 0. The molecule has 2 aromatic heterocycles. The second-order valence-corrected chi connectivity index (χ2v) is 1.99. The zero-order chi connectivity index (χ0) is 6.97. The molecule has 0 atom stereocenters. The number of aromatic amines is 1. The molecule has 2 rings (SSSR count). The monoisotopic (exact) mass is 135 g/mol. The van der Waals surface area contributed by atoms with Crippen LogP contribution in [0.4, 0.5) is 0 Å². The average Bonchev–Trinajstić information content (AvgIpc) is 2.36. The van der Waals surface area contributed by atoms with Crippen molar-refractivity contribution in [3.8, 4) is 0 Å². The van der Waals surface area contributed by atoms with E-state index < -0.39 is 0 Å². The minimum Gasteiger partial charge on any atom is -0.286 e. The van der Waals surface area contributed by atoms with Gasteiger partial charge in [-0.15, -0.1) is 0 Å². The van der Waals surface area contributed by atoms with Gasteiger partial charge in [-0.05, 0) is 12.1 Å². The van der Waals surface area contributed by atoms with E-state index in [2.05, 4.69) is 10.3 Å². The normalized spacial score (nSPS) is 10.4. The summed E-state index contributed by atoms with van der Waals surface area (Å²) < 4.78 is 1.57. The summed E-state index contributed by atoms with van der Waals surface area (Å²) in [6.07, 6.45) is 3.00. The largest absolute Gasteiger partial charge is 0.286 e. The molecule has 50 valence electrons. The summed E-state index contributed by atoms with van der Waals surface area (Å²) in [7, 11) is 0. The lowest BCUT2D eigenvalue weighted by molar-refractivity contribution is 0.803. The molecular weight excluding hydrogens is 130 g/mol. The van der Waals surface area contributed by atoms with Gasteiger partial charge in [0.2, 0.25) is 5.43 Å². The van der Waals surface area contributed by atoms with Crippen molar-refractivity contribution in [2.75, 3.05) is 0 Å². The van der Waals surface area contributed by atoms with E-state index in [1.807, 2.05) is 0 Å². The number of aromatic nitrogens is 3. The Morgan fingerprint density at radius 3 is 3.30 bits per heavy atom. The lowest BCUT2D eigenvalue weighted by Crippen LogP contribution is -2.06. The number of nitrogens with zero attached hydrogens (tertiary/aromatic N) is 2. The van der Waals surface area contributed by atoms with E-state index >= 15 is 0 Å². The number of fused-ring (bicyclic) bond motifs is 1. The average molecular weight is 135 g/mol. The molecule has 2 aromatic rings. The smallest absolute Gasteiger partial charge is 0.224 e. The molecule has 0 amide bonds. The van der Waals surface area contributed by atoms with Crippen LogP contribution in [0.2, 0.25) is 0 Å². The Kier molecular flexibility index (Phi) is 0.887. The van der Waals surface area contributed by atoms with Crippen LogP contribution >= 0.6 is 0 Å². The van der Waals surface area contributed by atoms with Crippen LogP contribution in [-0.2, 0) is 0 Å². The first kappa shape index (κ1) is 5.22. The van der Waals surface area contributed by atoms with Gasteiger partial charge in [-0.25, -0.2) is 9.73 Å². The number of hydrogen-bond acceptors (Lipinski definition) is 2. The summed E-state index contributed by atoms with van der Waals surface area (Å²) in [4.78, 5) is 10.9. The van der Waals surface area contributed by atoms with Crippen molar-refractivity contribution in [3.63, 3.8) is 0 Å². The van der Waals surface area contributed by atoms with Crippen molar-refractivity contribution in [1.82, 2.24) is 14.8 Å². The summed E-state index contributed by atoms with van der Waals surface area (Å²) in [5.74, 6) is 0. The van der Waals surface area contributed by atoms with Crippen LogP contribution in [0.5, 0.6) is 0 Å². The Morgan fingerprint density at radius 1 is 1.60 bits per heavy atom. The lowest BCUT2D eigenvalue weighted by atomic mass is 10.5. The maximum Gasteiger partial charge on any atom is 0.224 e. The summed E-state index contributed by atoms with van der Waals surface area (Å²) in [5.41, 5.74) is 0.554. The van der Waals surface area contributed by atoms with Crippen molar-refractivity contribution < 1.29 is 0 Å². The summed E-state index contributed by atoms with van der Waals surface area (Å²) in [5, 5.41) is 6.25. The Morgan fingerprint density at radius 2 is 2.50 bits per heavy atom. The number of rotatable bonds is 0. The molecule has 0 saturated carbocycles. The molecule has 0 unspecified atom stereocenters. The van der Waals surface area contributed by atoms with Gasteiger partial charge < -0.3 is 0 Å². The van der Waals surface area contributed by atoms with E-state index in [4.69, 9.17) is 0 Å². The minimum absolute atomic E-state index is 0.0660. The standard InChI is InChI=1S/C6H5N3O/c10-6-4-7-8-9-3-1-2-5(6)9/h1-4,8H. The quantitative estimate of drug-likeness (QED) is 0.553. The maximum atomic E-state index is 10.9. The predicted molar refractivity (Wildman–Crippen MR) is 35.8 cm³/mol. The van der Waals surface area contributed by atoms with Gasteiger partial charge >= 0.3 is 0 Å². The van der Waals surface area contributed by atoms with E-state index in [1.165, 1.54) is 6.20 Å². The van der Waals surface area contributed by atoms with Crippen LogP contribution in [0.15, 0.2) is 29.3 Å². The highest BCUT2D eigenvalue weighted by Crippen LogP contribution is 1.91. The Hall–Kier alpha value is -1.58. The Bertz CT molecular complexity index is 400. The van der Waals surface area contributed by atoms with Crippen LogP contribution in [-0.4, -0.2) is 14.8 Å². The molecule has 0 saturated heterocycles. The molecule has 1 N–H and O–H groups in total. The number of hydrogen-bond donors (Lipinski definition) is 1. The van der Waals surface area contributed by atoms with Crippen LogP contribution in [0, 0.1) is 0 Å². The van der Waals surface area contributed by atoms with Crippen molar-refractivity contribution >= 4 is 5.52 Å². The van der Waals surface area contributed by atoms with E-state index in [9.17, 15) is 4.79 Å². The van der Waals surface area contributed by atoms with E-state index in [0.29, 0.717) is 5.52 Å². The zero-order valence-corrected chi connectivity index (χ0v) is 5.11. The number of nitrogens with one attached hydrogen (secondary N) is 1. The van der Waals surface area contributed by atoms with Gasteiger partial charge in [-0.3, -0.25) is 4.79 Å². The van der Waals surface area contributed by atoms with Gasteiger partial charge in [-0.1, -0.05) is 0 Å². The first-order valence-corrected chi connectivity index (χ1v) is 2.89. The zero-order valence-electron chi connectivity index (χ0n) is 5.11. The third kappa shape index (κ3) is 0.556. The van der Waals surface area contributed by atoms with Gasteiger partial charge in [-0.2, -0.15) is 5.10 Å². The second kappa shape index (κ2) is 1.70. The molecule has 0 fully saturated rings. The molecule has 0 aliphatic carbocycles. The minimum atomic E-state index is -0.0660. The molecule has 10 heavy (non-hydrogen) atoms. The summed E-state index contributed by atoms with van der Waals surface area (Å²) in [6, 6.07) is 3.52. The van der Waals surface area contributed by atoms with Crippen molar-refractivity contribution in [1.29, 1.82) is 0 Å². The fourth-order valence-corrected chi connectivity index (χ4v) is 0.885. The molecule has 0 aliphatic rings. The third-order valence-corrected chi connectivity index (χ3v) is 1.35. The SMILES string of the molecule is O=c1cn[nH]n2cccc12. The maximum absolute atomic E-state index is 10.9. The van der Waals surface area contributed by atoms with E-state index in [-0.39, 0.29) is 5.43 Å². The first-order chi connectivity index (χ1) is 4.88. The third-order valence-electron chi connectivity index (χ3n) is 1.35. The number of H-pyrrole nitrogens is 1. The molecule has 0 bridgehead atoms. The van der Waals surface area contributed by atoms with Gasteiger partial charge in [0.15, 0.2) is 0 Å². The van der Waals surface area contributed by atoms with Crippen LogP contribution in [0.1, 0.15) is 0 Å². The molecule has 4 heteroatoms. The highest BCUT2D eigenvalue weighted by atomic mass is 16.1. The fraction of sp³-hybridized carbons (Fsp3) is 0. The molecular formula is C6H5N3O. The van der Waals surface area contributed by atoms with Gasteiger partial charge in [0, 0.05) is 6.20 Å². The van der Waals surface area contributed by atoms with Gasteiger partial charge in [0.1, 0.15) is 5.52 Å². The topological polar surface area (TPSA) is 50.2 Å². The Labute approximate surface area is 56.1 Å². The van der Waals surface area contributed by atoms with E-state index in [1.54, 1.807) is 22.8 Å². The summed E-state index contributed by atoms with van der Waals surface area (Å²) >= 11 is 0. The molecule has 0 spiro atoms. The highest BCUT2D eigenvalue weighted by Gasteiger charge is 1.93. The van der Waals surface area contributed by atoms with Gasteiger partial charge in [0.05, 0.1) is 6.20 Å². The van der Waals surface area contributed by atoms with Crippen LogP contribution in [0.25, 0.3) is 5.52 Å². The van der Waals surface area contributed by atoms with Crippen LogP contribution in [0.3, 0.4) is 0 Å². The second-order valence-electron chi connectivity index (χ2n) is 1.99. The van der Waals surface area contributed by atoms with Crippen molar-refractivity contribution in [3.05, 3.63) is 34.7 Å². The highest BCUT2D eigenvalue weighted by molar-refractivity contribution is 5.44. The Balaban J connectivity index is 3.09. The molecule has 0 aliphatic heterocycles. The first-order valence-electron chi connectivity index (χ1n) is 2.89. The lowest BCUT2D eigenvalue weighted by Gasteiger charge is -1.88. The fourth-order valence-electron chi connectivity index (χ4n) is 0.885. The van der Waals surface area contributed by atoms with E-state index in [0.717, 1.165) is 0 Å².